The van der Waals surface area contributed by atoms with Crippen LogP contribution in [-0.4, -0.2) is 5.91 Å². The Morgan fingerprint density at radius 1 is 1.21 bits per heavy atom. The van der Waals surface area contributed by atoms with Gasteiger partial charge in [0.1, 0.15) is 0 Å². The van der Waals surface area contributed by atoms with Crippen molar-refractivity contribution in [1.29, 1.82) is 0 Å². The van der Waals surface area contributed by atoms with Crippen molar-refractivity contribution in [3.63, 3.8) is 0 Å². The molecule has 0 saturated carbocycles. The topological polar surface area (TPSA) is 29.1 Å². The summed E-state index contributed by atoms with van der Waals surface area (Å²) >= 11 is 9.44. The predicted molar refractivity (Wildman–Crippen MR) is 81.5 cm³/mol. The maximum Gasteiger partial charge on any atom is 0.253 e. The molecule has 0 unspecified atom stereocenters. The average molecular weight is 339 g/mol. The molecule has 0 radical (unpaired) electrons. The first-order valence-corrected chi connectivity index (χ1v) is 7.03. The van der Waals surface area contributed by atoms with Gasteiger partial charge in [0.25, 0.3) is 5.91 Å². The van der Waals surface area contributed by atoms with Crippen molar-refractivity contribution >= 4 is 33.4 Å². The van der Waals surface area contributed by atoms with Crippen molar-refractivity contribution in [2.75, 3.05) is 0 Å². The van der Waals surface area contributed by atoms with Crippen LogP contribution in [0.1, 0.15) is 21.5 Å². The average Bonchev–Trinajstić information content (AvgIpc) is 2.38. The Kier molecular flexibility index (Phi) is 4.61. The van der Waals surface area contributed by atoms with Gasteiger partial charge in [0.15, 0.2) is 0 Å². The standard InChI is InChI=1S/C15H13BrClNO/c1-10-3-2-4-13(17)14(10)15(19)18-9-11-5-7-12(16)8-6-11/h2-8H,9H2,1H3,(H,18,19). The summed E-state index contributed by atoms with van der Waals surface area (Å²) in [5, 5.41) is 3.36. The molecule has 0 aliphatic heterocycles. The Bertz CT molecular complexity index is 575. The number of hydrogen-bond donors (Lipinski definition) is 1. The van der Waals surface area contributed by atoms with E-state index in [1.54, 1.807) is 6.07 Å². The maximum atomic E-state index is 12.1. The van der Waals surface area contributed by atoms with Gasteiger partial charge in [0.05, 0.1) is 10.6 Å². The summed E-state index contributed by atoms with van der Waals surface area (Å²) in [6.07, 6.45) is 0. The molecule has 1 N–H and O–H groups in total. The zero-order valence-electron chi connectivity index (χ0n) is 10.4. The molecule has 0 saturated heterocycles. The smallest absolute Gasteiger partial charge is 0.253 e. The fourth-order valence-corrected chi connectivity index (χ4v) is 2.36. The molecule has 0 aliphatic carbocycles. The third kappa shape index (κ3) is 3.58. The first kappa shape index (κ1) is 14.1. The van der Waals surface area contributed by atoms with Crippen molar-refractivity contribution in [3.05, 3.63) is 68.7 Å². The van der Waals surface area contributed by atoms with E-state index in [-0.39, 0.29) is 5.91 Å². The quantitative estimate of drug-likeness (QED) is 0.886. The number of nitrogens with one attached hydrogen (secondary N) is 1. The van der Waals surface area contributed by atoms with E-state index >= 15 is 0 Å². The van der Waals surface area contributed by atoms with Crippen LogP contribution in [0.2, 0.25) is 5.02 Å². The van der Waals surface area contributed by atoms with E-state index in [4.69, 9.17) is 11.6 Å². The highest BCUT2D eigenvalue weighted by Gasteiger charge is 2.12. The van der Waals surface area contributed by atoms with Crippen LogP contribution >= 0.6 is 27.5 Å². The largest absolute Gasteiger partial charge is 0.348 e. The van der Waals surface area contributed by atoms with Crippen LogP contribution in [0.25, 0.3) is 0 Å². The minimum Gasteiger partial charge on any atom is -0.348 e. The van der Waals surface area contributed by atoms with Crippen molar-refractivity contribution in [1.82, 2.24) is 5.32 Å². The van der Waals surface area contributed by atoms with Gasteiger partial charge in [0, 0.05) is 11.0 Å². The molecule has 0 aliphatic rings. The van der Waals surface area contributed by atoms with E-state index in [2.05, 4.69) is 21.2 Å². The van der Waals surface area contributed by atoms with Gasteiger partial charge >= 0.3 is 0 Å². The third-order valence-electron chi connectivity index (χ3n) is 2.82. The first-order chi connectivity index (χ1) is 9.08. The molecule has 2 nitrogen and oxygen atoms in total. The molecule has 0 atom stereocenters. The zero-order chi connectivity index (χ0) is 13.8. The highest BCUT2D eigenvalue weighted by molar-refractivity contribution is 9.10. The normalized spacial score (nSPS) is 10.3. The molecule has 0 fully saturated rings. The summed E-state index contributed by atoms with van der Waals surface area (Å²) in [5.74, 6) is -0.147. The molecule has 2 aromatic rings. The van der Waals surface area contributed by atoms with Gasteiger partial charge in [-0.05, 0) is 36.2 Å². The van der Waals surface area contributed by atoms with Gasteiger partial charge in [-0.25, -0.2) is 0 Å². The van der Waals surface area contributed by atoms with E-state index in [0.29, 0.717) is 17.1 Å². The van der Waals surface area contributed by atoms with Crippen molar-refractivity contribution in [2.45, 2.75) is 13.5 Å². The number of rotatable bonds is 3. The van der Waals surface area contributed by atoms with Gasteiger partial charge in [-0.15, -0.1) is 0 Å². The van der Waals surface area contributed by atoms with Crippen LogP contribution in [0.4, 0.5) is 0 Å². The lowest BCUT2D eigenvalue weighted by atomic mass is 10.1. The molecular formula is C15H13BrClNO. The lowest BCUT2D eigenvalue weighted by Gasteiger charge is -2.09. The third-order valence-corrected chi connectivity index (χ3v) is 3.66. The minimum absolute atomic E-state index is 0.147. The summed E-state index contributed by atoms with van der Waals surface area (Å²) in [6.45, 7) is 2.36. The number of carbonyl (C=O) groups is 1. The highest BCUT2D eigenvalue weighted by atomic mass is 79.9. The summed E-state index contributed by atoms with van der Waals surface area (Å²) in [5.41, 5.74) is 2.46. The monoisotopic (exact) mass is 337 g/mol. The molecule has 2 aromatic carbocycles. The van der Waals surface area contributed by atoms with Crippen LogP contribution in [0.15, 0.2) is 46.9 Å². The molecule has 0 spiro atoms. The summed E-state index contributed by atoms with van der Waals surface area (Å²) < 4.78 is 1.02. The zero-order valence-corrected chi connectivity index (χ0v) is 12.8. The Balaban J connectivity index is 2.07. The predicted octanol–water partition coefficient (Wildman–Crippen LogP) is 4.34. The second-order valence-corrected chi connectivity index (χ2v) is 5.56. The minimum atomic E-state index is -0.147. The molecule has 4 heteroatoms. The Morgan fingerprint density at radius 3 is 2.53 bits per heavy atom. The van der Waals surface area contributed by atoms with Crippen LogP contribution in [0, 0.1) is 6.92 Å². The van der Waals surface area contributed by atoms with Gasteiger partial charge < -0.3 is 5.32 Å². The molecule has 0 aromatic heterocycles. The van der Waals surface area contributed by atoms with Crippen molar-refractivity contribution < 1.29 is 4.79 Å². The van der Waals surface area contributed by atoms with Crippen molar-refractivity contribution in [2.24, 2.45) is 0 Å². The van der Waals surface area contributed by atoms with Crippen LogP contribution < -0.4 is 5.32 Å². The molecule has 1 amide bonds. The molecule has 2 rings (SSSR count). The lowest BCUT2D eigenvalue weighted by molar-refractivity contribution is 0.0950. The van der Waals surface area contributed by atoms with Gasteiger partial charge in [-0.1, -0.05) is 51.8 Å². The fraction of sp³-hybridized carbons (Fsp3) is 0.133. The molecule has 19 heavy (non-hydrogen) atoms. The molecular weight excluding hydrogens is 326 g/mol. The Labute approximate surface area is 125 Å². The maximum absolute atomic E-state index is 12.1. The summed E-state index contributed by atoms with van der Waals surface area (Å²) in [6, 6.07) is 13.3. The van der Waals surface area contributed by atoms with E-state index in [0.717, 1.165) is 15.6 Å². The van der Waals surface area contributed by atoms with Gasteiger partial charge in [0.2, 0.25) is 0 Å². The van der Waals surface area contributed by atoms with E-state index in [1.807, 2.05) is 43.3 Å². The van der Waals surface area contributed by atoms with Gasteiger partial charge in [-0.3, -0.25) is 4.79 Å². The number of amides is 1. The molecule has 0 heterocycles. The Hall–Kier alpha value is -1.32. The van der Waals surface area contributed by atoms with E-state index in [1.165, 1.54) is 0 Å². The molecule has 98 valence electrons. The number of halogens is 2. The van der Waals surface area contributed by atoms with Crippen LogP contribution in [0.3, 0.4) is 0 Å². The van der Waals surface area contributed by atoms with Crippen LogP contribution in [0.5, 0.6) is 0 Å². The van der Waals surface area contributed by atoms with Crippen molar-refractivity contribution in [3.8, 4) is 0 Å². The first-order valence-electron chi connectivity index (χ1n) is 5.85. The number of carbonyl (C=O) groups excluding carboxylic acids is 1. The summed E-state index contributed by atoms with van der Waals surface area (Å²) in [4.78, 5) is 12.1. The lowest BCUT2D eigenvalue weighted by Crippen LogP contribution is -2.23. The van der Waals surface area contributed by atoms with E-state index < -0.39 is 0 Å². The SMILES string of the molecule is Cc1cccc(Cl)c1C(=O)NCc1ccc(Br)cc1. The van der Waals surface area contributed by atoms with E-state index in [9.17, 15) is 4.79 Å². The number of hydrogen-bond acceptors (Lipinski definition) is 1. The van der Waals surface area contributed by atoms with Gasteiger partial charge in [-0.2, -0.15) is 0 Å². The second kappa shape index (κ2) is 6.22. The Morgan fingerprint density at radius 2 is 1.89 bits per heavy atom. The number of benzene rings is 2. The fourth-order valence-electron chi connectivity index (χ4n) is 1.79. The molecule has 0 bridgehead atoms. The van der Waals surface area contributed by atoms with Crippen LogP contribution in [-0.2, 0) is 6.54 Å². The highest BCUT2D eigenvalue weighted by Crippen LogP contribution is 2.19. The summed E-state index contributed by atoms with van der Waals surface area (Å²) in [7, 11) is 0. The second-order valence-electron chi connectivity index (χ2n) is 4.24. The number of aryl methyl sites for hydroxylation is 1.